The Balaban J connectivity index is 1.46. The molecule has 1 aromatic carbocycles. The summed E-state index contributed by atoms with van der Waals surface area (Å²) in [6.45, 7) is 3.83. The van der Waals surface area contributed by atoms with Crippen LogP contribution in [0, 0.1) is 0 Å². The molecule has 128 valence electrons. The number of fused-ring (bicyclic) bond motifs is 1. The van der Waals surface area contributed by atoms with Crippen molar-refractivity contribution < 1.29 is 9.21 Å². The van der Waals surface area contributed by atoms with Crippen molar-refractivity contribution >= 4 is 28.2 Å². The van der Waals surface area contributed by atoms with Crippen molar-refractivity contribution in [2.45, 2.75) is 6.54 Å². The van der Waals surface area contributed by atoms with Gasteiger partial charge in [0.05, 0.1) is 5.39 Å². The van der Waals surface area contributed by atoms with Crippen LogP contribution >= 0.6 is 11.3 Å². The molecular formula is C19H18N2O3S. The second kappa shape index (κ2) is 6.82. The highest BCUT2D eigenvalue weighted by Gasteiger charge is 2.24. The maximum atomic E-state index is 12.7. The standard InChI is InChI=1S/C19H18N2O3S/c22-16-11-18(24-17-4-2-1-3-15(16)17)19(23)21-8-6-20(7-9-21)12-14-5-10-25-13-14/h1-5,10-11,13H,6-9,12H2. The van der Waals surface area contributed by atoms with Crippen LogP contribution in [0.1, 0.15) is 16.1 Å². The van der Waals surface area contributed by atoms with Gasteiger partial charge < -0.3 is 9.32 Å². The first kappa shape index (κ1) is 16.1. The third-order valence-corrected chi connectivity index (χ3v) is 5.22. The Hall–Kier alpha value is -2.44. The minimum atomic E-state index is -0.210. The van der Waals surface area contributed by atoms with Crippen molar-refractivity contribution in [2.75, 3.05) is 26.2 Å². The zero-order valence-corrected chi connectivity index (χ0v) is 14.5. The number of carbonyl (C=O) groups is 1. The van der Waals surface area contributed by atoms with Crippen LogP contribution in [0.2, 0.25) is 0 Å². The summed E-state index contributed by atoms with van der Waals surface area (Å²) in [6.07, 6.45) is 0. The first-order chi connectivity index (χ1) is 12.2. The lowest BCUT2D eigenvalue weighted by Gasteiger charge is -2.34. The molecule has 1 aliphatic rings. The number of benzene rings is 1. The van der Waals surface area contributed by atoms with Gasteiger partial charge in [-0.25, -0.2) is 0 Å². The fourth-order valence-electron chi connectivity index (χ4n) is 3.12. The number of amides is 1. The first-order valence-electron chi connectivity index (χ1n) is 8.26. The van der Waals surface area contributed by atoms with Gasteiger partial charge >= 0.3 is 0 Å². The number of thiophene rings is 1. The second-order valence-corrected chi connectivity index (χ2v) is 6.95. The molecule has 1 fully saturated rings. The third kappa shape index (κ3) is 3.36. The van der Waals surface area contributed by atoms with Gasteiger partial charge in [-0.05, 0) is 34.5 Å². The van der Waals surface area contributed by atoms with Crippen LogP contribution in [0.5, 0.6) is 0 Å². The van der Waals surface area contributed by atoms with Crippen molar-refractivity contribution in [1.29, 1.82) is 0 Å². The van der Waals surface area contributed by atoms with E-state index in [9.17, 15) is 9.59 Å². The van der Waals surface area contributed by atoms with Gasteiger partial charge in [-0.1, -0.05) is 12.1 Å². The Labute approximate surface area is 149 Å². The lowest BCUT2D eigenvalue weighted by molar-refractivity contribution is 0.0598. The van der Waals surface area contributed by atoms with E-state index < -0.39 is 0 Å². The molecule has 2 aromatic heterocycles. The summed E-state index contributed by atoms with van der Waals surface area (Å²) in [5.41, 5.74) is 1.58. The highest BCUT2D eigenvalue weighted by molar-refractivity contribution is 7.07. The molecule has 0 N–H and O–H groups in total. The SMILES string of the molecule is O=C(c1cc(=O)c2ccccc2o1)N1CCN(Cc2ccsc2)CC1. The number of carbonyl (C=O) groups excluding carboxylic acids is 1. The number of hydrogen-bond donors (Lipinski definition) is 0. The normalized spacial score (nSPS) is 15.6. The van der Waals surface area contributed by atoms with Crippen LogP contribution in [0.4, 0.5) is 0 Å². The largest absolute Gasteiger partial charge is 0.451 e. The Morgan fingerprint density at radius 2 is 1.92 bits per heavy atom. The molecule has 5 nitrogen and oxygen atoms in total. The number of nitrogens with zero attached hydrogens (tertiary/aromatic N) is 2. The molecule has 1 aliphatic heterocycles. The van der Waals surface area contributed by atoms with Crippen molar-refractivity contribution in [2.24, 2.45) is 0 Å². The van der Waals surface area contributed by atoms with Crippen LogP contribution in [0.3, 0.4) is 0 Å². The van der Waals surface area contributed by atoms with E-state index in [-0.39, 0.29) is 17.1 Å². The van der Waals surface area contributed by atoms with E-state index in [1.807, 2.05) is 0 Å². The lowest BCUT2D eigenvalue weighted by atomic mass is 10.2. The molecule has 1 saturated heterocycles. The number of para-hydroxylation sites is 1. The molecule has 6 heteroatoms. The molecule has 0 bridgehead atoms. The van der Waals surface area contributed by atoms with Gasteiger partial charge in [0.1, 0.15) is 5.58 Å². The maximum absolute atomic E-state index is 12.7. The zero-order valence-electron chi connectivity index (χ0n) is 13.7. The molecule has 4 rings (SSSR count). The minimum absolute atomic E-state index is 0.120. The van der Waals surface area contributed by atoms with E-state index in [1.54, 1.807) is 40.5 Å². The fourth-order valence-corrected chi connectivity index (χ4v) is 3.77. The average molecular weight is 354 g/mol. The molecule has 1 amide bonds. The fraction of sp³-hybridized carbons (Fsp3) is 0.263. The molecule has 3 heterocycles. The van der Waals surface area contributed by atoms with Crippen LogP contribution in [0.15, 0.2) is 56.4 Å². The molecule has 0 aliphatic carbocycles. The van der Waals surface area contributed by atoms with Gasteiger partial charge in [-0.15, -0.1) is 0 Å². The quantitative estimate of drug-likeness (QED) is 0.726. The zero-order chi connectivity index (χ0) is 17.2. The van der Waals surface area contributed by atoms with Crippen molar-refractivity contribution in [3.63, 3.8) is 0 Å². The molecule has 3 aromatic rings. The van der Waals surface area contributed by atoms with Crippen LogP contribution in [-0.4, -0.2) is 41.9 Å². The van der Waals surface area contributed by atoms with Crippen molar-refractivity contribution in [3.05, 3.63) is 68.7 Å². The monoisotopic (exact) mass is 354 g/mol. The van der Waals surface area contributed by atoms with E-state index in [4.69, 9.17) is 4.42 Å². The van der Waals surface area contributed by atoms with Gasteiger partial charge in [0.15, 0.2) is 11.2 Å². The van der Waals surface area contributed by atoms with E-state index in [1.165, 1.54) is 11.6 Å². The first-order valence-corrected chi connectivity index (χ1v) is 9.20. The number of rotatable bonds is 3. The summed E-state index contributed by atoms with van der Waals surface area (Å²) in [5.74, 6) is -0.0898. The smallest absolute Gasteiger partial charge is 0.289 e. The molecule has 0 spiro atoms. The predicted octanol–water partition coefficient (Wildman–Crippen LogP) is 2.81. The summed E-state index contributed by atoms with van der Waals surface area (Å²) < 4.78 is 5.67. The van der Waals surface area contributed by atoms with Gasteiger partial charge in [-0.2, -0.15) is 11.3 Å². The van der Waals surface area contributed by atoms with E-state index >= 15 is 0 Å². The molecule has 0 saturated carbocycles. The number of hydrogen-bond acceptors (Lipinski definition) is 5. The van der Waals surface area contributed by atoms with Crippen molar-refractivity contribution in [1.82, 2.24) is 9.80 Å². The Kier molecular flexibility index (Phi) is 4.38. The maximum Gasteiger partial charge on any atom is 0.289 e. The minimum Gasteiger partial charge on any atom is -0.451 e. The van der Waals surface area contributed by atoms with Gasteiger partial charge in [0.2, 0.25) is 0 Å². The predicted molar refractivity (Wildman–Crippen MR) is 98.0 cm³/mol. The van der Waals surface area contributed by atoms with E-state index in [0.29, 0.717) is 24.1 Å². The molecule has 0 atom stereocenters. The molecular weight excluding hydrogens is 336 g/mol. The van der Waals surface area contributed by atoms with Gasteiger partial charge in [0, 0.05) is 38.8 Å². The highest BCUT2D eigenvalue weighted by Crippen LogP contribution is 2.16. The van der Waals surface area contributed by atoms with E-state index in [2.05, 4.69) is 21.7 Å². The highest BCUT2D eigenvalue weighted by atomic mass is 32.1. The topological polar surface area (TPSA) is 53.8 Å². The summed E-state index contributed by atoms with van der Waals surface area (Å²) in [4.78, 5) is 29.0. The van der Waals surface area contributed by atoms with Crippen LogP contribution in [-0.2, 0) is 6.54 Å². The van der Waals surface area contributed by atoms with E-state index in [0.717, 1.165) is 19.6 Å². The van der Waals surface area contributed by atoms with Gasteiger partial charge in [-0.3, -0.25) is 14.5 Å². The van der Waals surface area contributed by atoms with Crippen molar-refractivity contribution in [3.8, 4) is 0 Å². The summed E-state index contributed by atoms with van der Waals surface area (Å²) in [6, 6.07) is 10.4. The summed E-state index contributed by atoms with van der Waals surface area (Å²) >= 11 is 1.70. The Morgan fingerprint density at radius 3 is 2.68 bits per heavy atom. The molecule has 25 heavy (non-hydrogen) atoms. The second-order valence-electron chi connectivity index (χ2n) is 6.17. The number of piperazine rings is 1. The van der Waals surface area contributed by atoms with Crippen LogP contribution in [0.25, 0.3) is 11.0 Å². The lowest BCUT2D eigenvalue weighted by Crippen LogP contribution is -2.48. The molecule has 0 radical (unpaired) electrons. The summed E-state index contributed by atoms with van der Waals surface area (Å²) in [5, 5.41) is 4.73. The average Bonchev–Trinajstić information content (AvgIpc) is 3.15. The third-order valence-electron chi connectivity index (χ3n) is 4.49. The molecule has 0 unspecified atom stereocenters. The Morgan fingerprint density at radius 1 is 1.12 bits per heavy atom. The summed E-state index contributed by atoms with van der Waals surface area (Å²) in [7, 11) is 0. The Bertz CT molecular complexity index is 941. The van der Waals surface area contributed by atoms with Crippen LogP contribution < -0.4 is 5.43 Å². The van der Waals surface area contributed by atoms with Gasteiger partial charge in [0.25, 0.3) is 5.91 Å².